The smallest absolute Gasteiger partial charge is 0.310 e. The Morgan fingerprint density at radius 3 is 2.08 bits per heavy atom. The third kappa shape index (κ3) is 4.06. The lowest BCUT2D eigenvalue weighted by atomic mass is 9.87. The topological polar surface area (TPSA) is 99.7 Å². The molecule has 148 valence electrons. The standard InChI is InChI=1S/C13H16F5N3O4S/c1-25-13(6-19-7-13)10(12(23)21-24)20-11(22)8-2-4-9(5-3-8)26(14,15,16,17)18/h2-5,10,19,24H,6-7H2,1H3,(H,20,22)(H,21,23)/t10-/m0/s1. The van der Waals surface area contributed by atoms with Crippen LogP contribution in [-0.4, -0.2) is 48.9 Å². The number of carbonyl (C=O) groups excluding carboxylic acids is 2. The van der Waals surface area contributed by atoms with Gasteiger partial charge in [-0.05, 0) is 24.3 Å². The monoisotopic (exact) mass is 405 g/mol. The number of benzene rings is 1. The quantitative estimate of drug-likeness (QED) is 0.329. The van der Waals surface area contributed by atoms with Crippen LogP contribution >= 0.6 is 10.2 Å². The minimum atomic E-state index is -9.84. The van der Waals surface area contributed by atoms with Crippen molar-refractivity contribution in [1.82, 2.24) is 16.1 Å². The van der Waals surface area contributed by atoms with Gasteiger partial charge in [0.1, 0.15) is 16.5 Å². The van der Waals surface area contributed by atoms with Crippen LogP contribution in [-0.2, 0) is 9.53 Å². The molecule has 2 rings (SSSR count). The molecule has 4 N–H and O–H groups in total. The SMILES string of the molecule is COC1([C@@H](NC(=O)c2ccc(S(F)(F)(F)(F)F)cc2)C(=O)NO)CNC1. The molecule has 0 unspecified atom stereocenters. The molecule has 7 nitrogen and oxygen atoms in total. The van der Waals surface area contributed by atoms with Crippen molar-refractivity contribution in [3.8, 4) is 0 Å². The Bertz CT molecular complexity index is 716. The summed E-state index contributed by atoms with van der Waals surface area (Å²) in [6.07, 6.45) is 0. The Morgan fingerprint density at radius 1 is 1.19 bits per heavy atom. The maximum absolute atomic E-state index is 12.7. The molecule has 0 bridgehead atoms. The number of methoxy groups -OCH3 is 1. The van der Waals surface area contributed by atoms with Gasteiger partial charge >= 0.3 is 10.2 Å². The third-order valence-corrected chi connectivity index (χ3v) is 5.15. The molecule has 0 spiro atoms. The van der Waals surface area contributed by atoms with Gasteiger partial charge in [-0.25, -0.2) is 5.48 Å². The summed E-state index contributed by atoms with van der Waals surface area (Å²) in [6.45, 7) is 0.316. The molecule has 1 aromatic rings. The van der Waals surface area contributed by atoms with Crippen molar-refractivity contribution in [2.75, 3.05) is 20.2 Å². The average molecular weight is 405 g/mol. The van der Waals surface area contributed by atoms with Crippen LogP contribution in [0.4, 0.5) is 19.4 Å². The summed E-state index contributed by atoms with van der Waals surface area (Å²) in [5, 5.41) is 13.9. The van der Waals surface area contributed by atoms with Gasteiger partial charge in [-0.1, -0.05) is 19.4 Å². The number of amides is 2. The molecule has 1 aromatic carbocycles. The molecule has 2 amide bonds. The molecule has 1 aliphatic heterocycles. The van der Waals surface area contributed by atoms with Crippen LogP contribution in [0.3, 0.4) is 0 Å². The first kappa shape index (κ1) is 20.4. The molecule has 0 saturated carbocycles. The van der Waals surface area contributed by atoms with Crippen molar-refractivity contribution in [3.05, 3.63) is 29.8 Å². The molecular weight excluding hydrogens is 389 g/mol. The normalized spacial score (nSPS) is 20.1. The van der Waals surface area contributed by atoms with E-state index < -0.39 is 38.6 Å². The lowest BCUT2D eigenvalue weighted by molar-refractivity contribution is -0.145. The van der Waals surface area contributed by atoms with Crippen molar-refractivity contribution in [3.63, 3.8) is 0 Å². The van der Waals surface area contributed by atoms with Crippen LogP contribution in [0.15, 0.2) is 29.2 Å². The van der Waals surface area contributed by atoms with Gasteiger partial charge in [0.15, 0.2) is 0 Å². The largest absolute Gasteiger partial charge is 0.373 e. The molecule has 1 atom stereocenters. The number of nitrogens with one attached hydrogen (secondary N) is 3. The Labute approximate surface area is 144 Å². The number of ether oxygens (including phenoxy) is 1. The van der Waals surface area contributed by atoms with Gasteiger partial charge in [0.25, 0.3) is 11.8 Å². The molecule has 0 radical (unpaired) electrons. The second-order valence-electron chi connectivity index (χ2n) is 5.75. The predicted octanol–water partition coefficient (Wildman–Crippen LogP) is 1.94. The first-order valence-corrected chi connectivity index (χ1v) is 9.02. The van der Waals surface area contributed by atoms with E-state index in [2.05, 4.69) is 10.6 Å². The molecule has 1 aliphatic rings. The number of rotatable bonds is 6. The van der Waals surface area contributed by atoms with Gasteiger partial charge in [0, 0.05) is 25.8 Å². The molecule has 0 aromatic heterocycles. The maximum Gasteiger partial charge on any atom is 0.310 e. The van der Waals surface area contributed by atoms with E-state index in [4.69, 9.17) is 9.94 Å². The summed E-state index contributed by atoms with van der Waals surface area (Å²) in [4.78, 5) is 21.9. The minimum absolute atomic E-state index is 0.0918. The van der Waals surface area contributed by atoms with Crippen molar-refractivity contribution in [1.29, 1.82) is 0 Å². The summed E-state index contributed by atoms with van der Waals surface area (Å²) < 4.78 is 68.7. The lowest BCUT2D eigenvalue weighted by Gasteiger charge is -2.45. The fourth-order valence-corrected chi connectivity index (χ4v) is 3.07. The number of hydrogen-bond donors (Lipinski definition) is 4. The van der Waals surface area contributed by atoms with Crippen LogP contribution in [0.1, 0.15) is 10.4 Å². The molecular formula is C13H16F5N3O4S. The van der Waals surface area contributed by atoms with E-state index in [0.29, 0.717) is 12.1 Å². The minimum Gasteiger partial charge on any atom is -0.373 e. The fraction of sp³-hybridized carbons (Fsp3) is 0.385. The van der Waals surface area contributed by atoms with E-state index in [0.717, 1.165) is 0 Å². The number of hydrogen-bond acceptors (Lipinski definition) is 5. The highest BCUT2D eigenvalue weighted by Gasteiger charge is 2.65. The number of carbonyl (C=O) groups is 2. The van der Waals surface area contributed by atoms with Crippen LogP contribution in [0.25, 0.3) is 0 Å². The molecule has 13 heteroatoms. The summed E-state index contributed by atoms with van der Waals surface area (Å²) in [5.41, 5.74) is -0.194. The van der Waals surface area contributed by atoms with Crippen molar-refractivity contribution < 1.29 is 39.0 Å². The highest BCUT2D eigenvalue weighted by atomic mass is 32.5. The molecule has 1 fully saturated rings. The average Bonchev–Trinajstić information content (AvgIpc) is 2.50. The van der Waals surface area contributed by atoms with Crippen LogP contribution in [0.5, 0.6) is 0 Å². The van der Waals surface area contributed by atoms with Gasteiger partial charge in [-0.3, -0.25) is 14.8 Å². The first-order chi connectivity index (χ1) is 11.7. The number of halogens is 5. The van der Waals surface area contributed by atoms with Crippen LogP contribution in [0.2, 0.25) is 0 Å². The van der Waals surface area contributed by atoms with E-state index in [1.807, 2.05) is 0 Å². The molecule has 26 heavy (non-hydrogen) atoms. The Kier molecular flexibility index (Phi) is 4.52. The van der Waals surface area contributed by atoms with Gasteiger partial charge in [0.2, 0.25) is 0 Å². The van der Waals surface area contributed by atoms with E-state index in [9.17, 15) is 29.0 Å². The summed E-state index contributed by atoms with van der Waals surface area (Å²) in [7, 11) is -8.57. The first-order valence-electron chi connectivity index (χ1n) is 7.07. The Hall–Kier alpha value is -1.96. The maximum atomic E-state index is 12.7. The zero-order valence-electron chi connectivity index (χ0n) is 13.3. The van der Waals surface area contributed by atoms with E-state index >= 15 is 0 Å². The second-order valence-corrected chi connectivity index (χ2v) is 8.16. The summed E-state index contributed by atoms with van der Waals surface area (Å²) in [6, 6.07) is -0.0610. The molecule has 0 aliphatic carbocycles. The van der Waals surface area contributed by atoms with E-state index in [1.165, 1.54) is 12.6 Å². The summed E-state index contributed by atoms with van der Waals surface area (Å²) in [5.74, 6) is -2.01. The Morgan fingerprint density at radius 2 is 1.73 bits per heavy atom. The zero-order valence-corrected chi connectivity index (χ0v) is 14.1. The lowest BCUT2D eigenvalue weighted by Crippen LogP contribution is -2.74. The second kappa shape index (κ2) is 5.77. The summed E-state index contributed by atoms with van der Waals surface area (Å²) >= 11 is 0. The van der Waals surface area contributed by atoms with Gasteiger partial charge in [0.05, 0.1) is 0 Å². The van der Waals surface area contributed by atoms with E-state index in [1.54, 1.807) is 0 Å². The zero-order chi connectivity index (χ0) is 19.9. The van der Waals surface area contributed by atoms with Crippen molar-refractivity contribution >= 4 is 22.0 Å². The van der Waals surface area contributed by atoms with Crippen molar-refractivity contribution in [2.24, 2.45) is 0 Å². The molecule has 1 saturated heterocycles. The van der Waals surface area contributed by atoms with Gasteiger partial charge in [-0.2, -0.15) is 0 Å². The van der Waals surface area contributed by atoms with Gasteiger partial charge in [-0.15, -0.1) is 0 Å². The van der Waals surface area contributed by atoms with Crippen molar-refractivity contribution in [2.45, 2.75) is 16.5 Å². The highest BCUT2D eigenvalue weighted by molar-refractivity contribution is 8.45. The van der Waals surface area contributed by atoms with Crippen LogP contribution in [0, 0.1) is 0 Å². The third-order valence-electron chi connectivity index (χ3n) is 3.99. The fourth-order valence-electron chi connectivity index (χ4n) is 2.42. The van der Waals surface area contributed by atoms with Crippen LogP contribution < -0.4 is 16.1 Å². The number of hydroxylamine groups is 1. The Balaban J connectivity index is 2.24. The highest BCUT2D eigenvalue weighted by Crippen LogP contribution is 3.02. The van der Waals surface area contributed by atoms with E-state index in [-0.39, 0.29) is 30.8 Å². The predicted molar refractivity (Wildman–Crippen MR) is 81.6 cm³/mol. The molecule has 1 heterocycles. The van der Waals surface area contributed by atoms with Gasteiger partial charge < -0.3 is 15.4 Å².